The van der Waals surface area contributed by atoms with E-state index in [0.29, 0.717) is 19.6 Å². The van der Waals surface area contributed by atoms with Crippen LogP contribution in [0.5, 0.6) is 0 Å². The topological polar surface area (TPSA) is 123 Å². The maximum Gasteiger partial charge on any atom is 0.243 e. The van der Waals surface area contributed by atoms with E-state index in [0.717, 1.165) is 5.56 Å². The lowest BCUT2D eigenvalue weighted by Gasteiger charge is -2.19. The first-order chi connectivity index (χ1) is 11.6. The number of hydrogen-bond acceptors (Lipinski definition) is 5. The van der Waals surface area contributed by atoms with Crippen LogP contribution in [0.1, 0.15) is 5.56 Å². The normalized spacial score (nSPS) is 11.4. The van der Waals surface area contributed by atoms with Crippen LogP contribution in [-0.2, 0) is 25.5 Å². The summed E-state index contributed by atoms with van der Waals surface area (Å²) in [6.45, 7) is 0.301. The van der Waals surface area contributed by atoms with Crippen LogP contribution in [0.2, 0.25) is 0 Å². The number of carbonyl (C=O) groups is 3. The molecule has 0 heterocycles. The molecule has 0 aliphatic carbocycles. The van der Waals surface area contributed by atoms with Crippen molar-refractivity contribution >= 4 is 17.7 Å². The predicted octanol–water partition coefficient (Wildman–Crippen LogP) is -1.45. The van der Waals surface area contributed by atoms with E-state index >= 15 is 0 Å². The van der Waals surface area contributed by atoms with E-state index in [9.17, 15) is 14.4 Å². The summed E-state index contributed by atoms with van der Waals surface area (Å²) in [4.78, 5) is 35.3. The third kappa shape index (κ3) is 7.70. The quantitative estimate of drug-likeness (QED) is 0.389. The molecule has 0 saturated heterocycles. The number of methoxy groups -OCH3 is 1. The smallest absolute Gasteiger partial charge is 0.243 e. The number of benzene rings is 1. The van der Waals surface area contributed by atoms with E-state index < -0.39 is 17.9 Å². The molecule has 132 valence electrons. The summed E-state index contributed by atoms with van der Waals surface area (Å²) in [5.41, 5.74) is 6.07. The first kappa shape index (κ1) is 19.6. The Balaban J connectivity index is 2.64. The van der Waals surface area contributed by atoms with Gasteiger partial charge in [-0.25, -0.2) is 0 Å². The predicted molar refractivity (Wildman–Crippen MR) is 89.0 cm³/mol. The van der Waals surface area contributed by atoms with Crippen LogP contribution in [0.15, 0.2) is 30.3 Å². The van der Waals surface area contributed by atoms with Gasteiger partial charge in [-0.15, -0.1) is 0 Å². The lowest BCUT2D eigenvalue weighted by molar-refractivity contribution is -0.129. The van der Waals surface area contributed by atoms with Gasteiger partial charge in [0.2, 0.25) is 17.7 Å². The molecule has 8 heteroatoms. The minimum atomic E-state index is -0.744. The Morgan fingerprint density at radius 1 is 1.12 bits per heavy atom. The Morgan fingerprint density at radius 3 is 2.46 bits per heavy atom. The second-order valence-electron chi connectivity index (χ2n) is 5.07. The molecule has 0 aliphatic heterocycles. The van der Waals surface area contributed by atoms with Crippen LogP contribution in [0.25, 0.3) is 0 Å². The average Bonchev–Trinajstić information content (AvgIpc) is 2.60. The molecule has 0 spiro atoms. The molecule has 0 aromatic heterocycles. The van der Waals surface area contributed by atoms with Gasteiger partial charge in [0.05, 0.1) is 19.7 Å². The zero-order chi connectivity index (χ0) is 17.8. The molecule has 24 heavy (non-hydrogen) atoms. The van der Waals surface area contributed by atoms with Crippen molar-refractivity contribution in [2.75, 3.05) is 33.4 Å². The number of amides is 3. The van der Waals surface area contributed by atoms with Gasteiger partial charge >= 0.3 is 0 Å². The van der Waals surface area contributed by atoms with E-state index in [-0.39, 0.29) is 19.0 Å². The van der Waals surface area contributed by atoms with Crippen molar-refractivity contribution in [3.8, 4) is 0 Å². The highest BCUT2D eigenvalue weighted by atomic mass is 16.5. The van der Waals surface area contributed by atoms with Gasteiger partial charge in [-0.3, -0.25) is 14.4 Å². The molecule has 0 aliphatic rings. The maximum atomic E-state index is 12.3. The fraction of sp³-hybridized carbons (Fsp3) is 0.438. The second kappa shape index (κ2) is 11.1. The molecular formula is C16H24N4O4. The first-order valence-electron chi connectivity index (χ1n) is 7.63. The molecule has 0 radical (unpaired) electrons. The molecule has 3 amide bonds. The van der Waals surface area contributed by atoms with E-state index in [1.165, 1.54) is 7.11 Å². The maximum absolute atomic E-state index is 12.3. The number of carbonyl (C=O) groups excluding carboxylic acids is 3. The van der Waals surface area contributed by atoms with Crippen LogP contribution < -0.4 is 21.7 Å². The minimum Gasteiger partial charge on any atom is -0.383 e. The van der Waals surface area contributed by atoms with Crippen LogP contribution >= 0.6 is 0 Å². The molecule has 1 rings (SSSR count). The Morgan fingerprint density at radius 2 is 1.83 bits per heavy atom. The number of nitrogens with one attached hydrogen (secondary N) is 3. The largest absolute Gasteiger partial charge is 0.383 e. The molecule has 0 bridgehead atoms. The summed E-state index contributed by atoms with van der Waals surface area (Å²) in [6, 6.07) is 8.59. The summed E-state index contributed by atoms with van der Waals surface area (Å²) in [5, 5.41) is 7.69. The van der Waals surface area contributed by atoms with Gasteiger partial charge in [-0.05, 0) is 5.56 Å². The van der Waals surface area contributed by atoms with Crippen LogP contribution in [0.3, 0.4) is 0 Å². The molecule has 5 N–H and O–H groups in total. The molecule has 1 aromatic rings. The van der Waals surface area contributed by atoms with Gasteiger partial charge in [0.1, 0.15) is 6.04 Å². The number of hydrogen-bond donors (Lipinski definition) is 4. The van der Waals surface area contributed by atoms with Gasteiger partial charge in [0.15, 0.2) is 0 Å². The number of rotatable bonds is 10. The monoisotopic (exact) mass is 336 g/mol. The van der Waals surface area contributed by atoms with Crippen molar-refractivity contribution in [1.82, 2.24) is 16.0 Å². The fourth-order valence-electron chi connectivity index (χ4n) is 1.95. The minimum absolute atomic E-state index is 0.196. The van der Waals surface area contributed by atoms with Gasteiger partial charge in [-0.2, -0.15) is 0 Å². The molecular weight excluding hydrogens is 312 g/mol. The zero-order valence-electron chi connectivity index (χ0n) is 13.7. The Bertz CT molecular complexity index is 536. The van der Waals surface area contributed by atoms with E-state index in [1.54, 1.807) is 0 Å². The van der Waals surface area contributed by atoms with Crippen molar-refractivity contribution in [1.29, 1.82) is 0 Å². The van der Waals surface area contributed by atoms with Crippen molar-refractivity contribution < 1.29 is 19.1 Å². The third-order valence-electron chi connectivity index (χ3n) is 3.17. The highest BCUT2D eigenvalue weighted by Gasteiger charge is 2.21. The second-order valence-corrected chi connectivity index (χ2v) is 5.07. The average molecular weight is 336 g/mol. The van der Waals surface area contributed by atoms with Crippen molar-refractivity contribution in [3.63, 3.8) is 0 Å². The summed E-state index contributed by atoms with van der Waals surface area (Å²) < 4.78 is 4.89. The summed E-state index contributed by atoms with van der Waals surface area (Å²) in [5.74, 6) is -1.21. The molecule has 8 nitrogen and oxygen atoms in total. The fourth-order valence-corrected chi connectivity index (χ4v) is 1.95. The molecule has 0 saturated carbocycles. The van der Waals surface area contributed by atoms with Crippen LogP contribution in [0, 0.1) is 0 Å². The zero-order valence-corrected chi connectivity index (χ0v) is 13.7. The molecule has 0 fully saturated rings. The van der Waals surface area contributed by atoms with Crippen LogP contribution in [0.4, 0.5) is 0 Å². The molecule has 1 aromatic carbocycles. The SMILES string of the molecule is COCCNC(=O)C(Cc1ccccc1)NC(=O)CNC(=O)CN. The van der Waals surface area contributed by atoms with Crippen molar-refractivity contribution in [2.24, 2.45) is 5.73 Å². The van der Waals surface area contributed by atoms with Gasteiger partial charge in [-0.1, -0.05) is 30.3 Å². The standard InChI is InChI=1S/C16H24N4O4/c1-24-8-7-18-16(23)13(9-12-5-3-2-4-6-12)20-15(22)11-19-14(21)10-17/h2-6,13H,7-11,17H2,1H3,(H,18,23)(H,19,21)(H,20,22). The lowest BCUT2D eigenvalue weighted by Crippen LogP contribution is -2.51. The van der Waals surface area contributed by atoms with Crippen molar-refractivity contribution in [2.45, 2.75) is 12.5 Å². The summed E-state index contributed by atoms with van der Waals surface area (Å²) >= 11 is 0. The third-order valence-corrected chi connectivity index (χ3v) is 3.17. The van der Waals surface area contributed by atoms with Gasteiger partial charge in [0, 0.05) is 20.1 Å². The Kier molecular flexibility index (Phi) is 9.10. The van der Waals surface area contributed by atoms with E-state index in [4.69, 9.17) is 10.5 Å². The summed E-state index contributed by atoms with van der Waals surface area (Å²) in [6.07, 6.45) is 0.343. The number of nitrogens with two attached hydrogens (primary N) is 1. The van der Waals surface area contributed by atoms with Crippen LogP contribution in [-0.4, -0.2) is 57.1 Å². The summed E-state index contributed by atoms with van der Waals surface area (Å²) in [7, 11) is 1.54. The number of ether oxygens (including phenoxy) is 1. The molecule has 1 atom stereocenters. The van der Waals surface area contributed by atoms with Gasteiger partial charge < -0.3 is 26.4 Å². The Labute approximate surface area is 141 Å². The lowest BCUT2D eigenvalue weighted by atomic mass is 10.1. The van der Waals surface area contributed by atoms with E-state index in [1.807, 2.05) is 30.3 Å². The Hall–Kier alpha value is -2.45. The van der Waals surface area contributed by atoms with Gasteiger partial charge in [0.25, 0.3) is 0 Å². The first-order valence-corrected chi connectivity index (χ1v) is 7.63. The van der Waals surface area contributed by atoms with E-state index in [2.05, 4.69) is 16.0 Å². The highest BCUT2D eigenvalue weighted by Crippen LogP contribution is 2.03. The highest BCUT2D eigenvalue weighted by molar-refractivity contribution is 5.90. The van der Waals surface area contributed by atoms with Crippen molar-refractivity contribution in [3.05, 3.63) is 35.9 Å². The molecule has 1 unspecified atom stereocenters.